The van der Waals surface area contributed by atoms with Gasteiger partial charge in [0, 0.05) is 6.42 Å². The minimum absolute atomic E-state index is 0.109. The lowest BCUT2D eigenvalue weighted by atomic mass is 9.94. The molecule has 1 unspecified atom stereocenters. The molecule has 1 aliphatic carbocycles. The highest BCUT2D eigenvalue weighted by Crippen LogP contribution is 2.65. The summed E-state index contributed by atoms with van der Waals surface area (Å²) in [6, 6.07) is 6.96. The molecule has 2 rings (SSSR count). The van der Waals surface area contributed by atoms with Crippen LogP contribution in [0, 0.1) is 6.92 Å². The van der Waals surface area contributed by atoms with Crippen LogP contribution in [0.4, 0.5) is 13.2 Å². The van der Waals surface area contributed by atoms with Crippen molar-refractivity contribution in [2.24, 2.45) is 10.9 Å². The summed E-state index contributed by atoms with van der Waals surface area (Å²) in [7, 11) is 0. The van der Waals surface area contributed by atoms with Crippen LogP contribution in [0.25, 0.3) is 0 Å². The standard InChI is InChI=1S/C15H14Cl2F3N3OS/c1-8-3-5-10(6-4-8)13(7-14(13,16)17)11(24)22-12(23-21)25-9(2)15(18,19)20/h3-6H,2,7,21H2,1H3,(H,22,23,24). The number of hydrazone groups is 1. The van der Waals surface area contributed by atoms with E-state index in [0.717, 1.165) is 5.56 Å². The zero-order valence-corrected chi connectivity index (χ0v) is 15.3. The van der Waals surface area contributed by atoms with E-state index in [4.69, 9.17) is 29.0 Å². The van der Waals surface area contributed by atoms with Crippen LogP contribution in [-0.2, 0) is 10.2 Å². The third-order valence-corrected chi connectivity index (χ3v) is 5.58. The number of carbonyl (C=O) groups is 1. The van der Waals surface area contributed by atoms with Gasteiger partial charge in [0.25, 0.3) is 0 Å². The minimum Gasteiger partial charge on any atom is -0.321 e. The Kier molecular flexibility index (Phi) is 5.37. The van der Waals surface area contributed by atoms with Crippen LogP contribution >= 0.6 is 35.0 Å². The summed E-state index contributed by atoms with van der Waals surface area (Å²) in [6.45, 7) is 4.77. The van der Waals surface area contributed by atoms with Gasteiger partial charge in [0.05, 0.1) is 4.91 Å². The van der Waals surface area contributed by atoms with E-state index in [1.807, 2.05) is 6.92 Å². The number of thioether (sulfide) groups is 1. The predicted molar refractivity (Wildman–Crippen MR) is 94.5 cm³/mol. The number of hydrogen-bond donors (Lipinski definition) is 2. The minimum atomic E-state index is -4.65. The fourth-order valence-electron chi connectivity index (χ4n) is 2.28. The third-order valence-electron chi connectivity index (χ3n) is 3.79. The molecular weight excluding hydrogens is 398 g/mol. The van der Waals surface area contributed by atoms with Crippen molar-refractivity contribution in [3.8, 4) is 0 Å². The molecule has 1 aliphatic rings. The van der Waals surface area contributed by atoms with Crippen molar-refractivity contribution in [3.05, 3.63) is 46.9 Å². The van der Waals surface area contributed by atoms with Gasteiger partial charge < -0.3 is 11.2 Å². The van der Waals surface area contributed by atoms with Crippen molar-refractivity contribution < 1.29 is 18.0 Å². The smallest absolute Gasteiger partial charge is 0.321 e. The number of nitrogens with one attached hydrogen (secondary N) is 1. The van der Waals surface area contributed by atoms with Crippen LogP contribution in [0.2, 0.25) is 0 Å². The van der Waals surface area contributed by atoms with Gasteiger partial charge in [0.2, 0.25) is 5.91 Å². The van der Waals surface area contributed by atoms with Gasteiger partial charge in [0.1, 0.15) is 9.75 Å². The van der Waals surface area contributed by atoms with Crippen molar-refractivity contribution in [2.45, 2.75) is 29.3 Å². The molecule has 4 nitrogen and oxygen atoms in total. The number of nitrogens with zero attached hydrogens (tertiary/aromatic N) is 1. The van der Waals surface area contributed by atoms with Gasteiger partial charge in [-0.1, -0.05) is 36.4 Å². The molecule has 0 aromatic heterocycles. The number of allylic oxidation sites excluding steroid dienone is 1. The summed E-state index contributed by atoms with van der Waals surface area (Å²) >= 11 is 12.4. The number of amides is 1. The summed E-state index contributed by atoms with van der Waals surface area (Å²) < 4.78 is 36.4. The molecule has 0 aliphatic heterocycles. The molecule has 0 radical (unpaired) electrons. The van der Waals surface area contributed by atoms with Gasteiger partial charge in [-0.15, -0.1) is 23.2 Å². The van der Waals surface area contributed by atoms with Crippen LogP contribution in [0.1, 0.15) is 17.5 Å². The predicted octanol–water partition coefficient (Wildman–Crippen LogP) is 3.97. The molecule has 0 bridgehead atoms. The average Bonchev–Trinajstić information content (AvgIpc) is 3.10. The maximum absolute atomic E-state index is 12.7. The summed E-state index contributed by atoms with van der Waals surface area (Å²) in [6.07, 6.45) is -4.54. The highest BCUT2D eigenvalue weighted by molar-refractivity contribution is 8.17. The molecule has 1 atom stereocenters. The molecule has 1 saturated carbocycles. The molecule has 0 spiro atoms. The largest absolute Gasteiger partial charge is 0.422 e. The van der Waals surface area contributed by atoms with E-state index in [2.05, 4.69) is 17.0 Å². The van der Waals surface area contributed by atoms with E-state index in [0.29, 0.717) is 5.56 Å². The van der Waals surface area contributed by atoms with Crippen LogP contribution in [0.3, 0.4) is 0 Å². The molecule has 1 amide bonds. The van der Waals surface area contributed by atoms with Crippen molar-refractivity contribution in [1.29, 1.82) is 0 Å². The fraction of sp³-hybridized carbons (Fsp3) is 0.333. The summed E-state index contributed by atoms with van der Waals surface area (Å²) in [5.41, 5.74) is 0.229. The van der Waals surface area contributed by atoms with E-state index in [-0.39, 0.29) is 18.2 Å². The first-order valence-corrected chi connectivity index (χ1v) is 8.49. The van der Waals surface area contributed by atoms with E-state index >= 15 is 0 Å². The first kappa shape index (κ1) is 19.9. The Morgan fingerprint density at radius 2 is 1.88 bits per heavy atom. The molecule has 0 saturated heterocycles. The first-order chi connectivity index (χ1) is 11.4. The third kappa shape index (κ3) is 3.91. The molecule has 1 aromatic rings. The highest BCUT2D eigenvalue weighted by Gasteiger charge is 2.72. The maximum atomic E-state index is 12.7. The van der Waals surface area contributed by atoms with Crippen molar-refractivity contribution in [1.82, 2.24) is 5.32 Å². The number of alkyl halides is 5. The summed E-state index contributed by atoms with van der Waals surface area (Å²) in [5, 5.41) is 4.99. The van der Waals surface area contributed by atoms with Gasteiger partial charge in [-0.2, -0.15) is 18.3 Å². The Bertz CT molecular complexity index is 735. The fourth-order valence-corrected chi connectivity index (χ4v) is 3.62. The molecule has 10 heteroatoms. The number of amidine groups is 1. The Labute approximate surface area is 156 Å². The van der Waals surface area contributed by atoms with E-state index in [1.54, 1.807) is 24.3 Å². The van der Waals surface area contributed by atoms with Crippen LogP contribution in [0.5, 0.6) is 0 Å². The molecular formula is C15H14Cl2F3N3OS. The van der Waals surface area contributed by atoms with E-state index < -0.39 is 31.9 Å². The zero-order valence-electron chi connectivity index (χ0n) is 13.0. The quantitative estimate of drug-likeness (QED) is 0.260. The van der Waals surface area contributed by atoms with Crippen LogP contribution in [-0.4, -0.2) is 21.6 Å². The number of hydrogen-bond acceptors (Lipinski definition) is 4. The zero-order chi connectivity index (χ0) is 19.0. The second kappa shape index (κ2) is 6.74. The first-order valence-electron chi connectivity index (χ1n) is 6.92. The summed E-state index contributed by atoms with van der Waals surface area (Å²) in [4.78, 5) is 11.5. The summed E-state index contributed by atoms with van der Waals surface area (Å²) in [5.74, 6) is 4.39. The average molecular weight is 412 g/mol. The van der Waals surface area contributed by atoms with E-state index in [1.165, 1.54) is 0 Å². The van der Waals surface area contributed by atoms with Crippen LogP contribution < -0.4 is 11.2 Å². The molecule has 1 aromatic carbocycles. The number of aryl methyl sites for hydroxylation is 1. The topological polar surface area (TPSA) is 67.5 Å². The van der Waals surface area contributed by atoms with Gasteiger partial charge in [-0.25, -0.2) is 0 Å². The number of halogens is 5. The highest BCUT2D eigenvalue weighted by atomic mass is 35.5. The van der Waals surface area contributed by atoms with Gasteiger partial charge in [0.15, 0.2) is 5.17 Å². The monoisotopic (exact) mass is 411 g/mol. The maximum Gasteiger partial charge on any atom is 0.422 e. The number of benzene rings is 1. The van der Waals surface area contributed by atoms with E-state index in [9.17, 15) is 18.0 Å². The second-order valence-electron chi connectivity index (χ2n) is 5.56. The lowest BCUT2D eigenvalue weighted by Crippen LogP contribution is -2.41. The number of carbonyl (C=O) groups excluding carboxylic acids is 1. The normalized spacial score (nSPS) is 22.4. The van der Waals surface area contributed by atoms with Crippen LogP contribution in [0.15, 0.2) is 40.9 Å². The Morgan fingerprint density at radius 1 is 1.36 bits per heavy atom. The van der Waals surface area contributed by atoms with Gasteiger partial charge >= 0.3 is 6.18 Å². The van der Waals surface area contributed by atoms with Gasteiger partial charge in [-0.3, -0.25) is 4.79 Å². The van der Waals surface area contributed by atoms with Crippen molar-refractivity contribution in [2.75, 3.05) is 0 Å². The van der Waals surface area contributed by atoms with Crippen molar-refractivity contribution >= 4 is 46.0 Å². The molecule has 136 valence electrons. The molecule has 3 N–H and O–H groups in total. The second-order valence-corrected chi connectivity index (χ2v) is 8.13. The molecule has 0 heterocycles. The van der Waals surface area contributed by atoms with Gasteiger partial charge in [-0.05, 0) is 24.2 Å². The lowest BCUT2D eigenvalue weighted by Gasteiger charge is -2.19. The molecule has 1 fully saturated rings. The Balaban J connectivity index is 2.22. The number of rotatable bonds is 3. The SMILES string of the molecule is C=C(S/C(=N\N)NC(=O)C1(c2ccc(C)cc2)CC1(Cl)Cl)C(F)(F)F. The molecule has 25 heavy (non-hydrogen) atoms. The lowest BCUT2D eigenvalue weighted by molar-refractivity contribution is -0.122. The Hall–Kier alpha value is -1.38. The Morgan fingerprint density at radius 3 is 2.28 bits per heavy atom. The van der Waals surface area contributed by atoms with Crippen molar-refractivity contribution in [3.63, 3.8) is 0 Å². The number of nitrogens with two attached hydrogens (primary N) is 1.